The van der Waals surface area contributed by atoms with E-state index in [2.05, 4.69) is 15.5 Å². The van der Waals surface area contributed by atoms with Gasteiger partial charge in [-0.2, -0.15) is 0 Å². The van der Waals surface area contributed by atoms with Crippen LogP contribution in [0.2, 0.25) is 10.0 Å². The molecule has 6 nitrogen and oxygen atoms in total. The van der Waals surface area contributed by atoms with Crippen LogP contribution in [-0.2, 0) is 4.79 Å². The molecule has 0 fully saturated rings. The number of benzene rings is 1. The van der Waals surface area contributed by atoms with Crippen LogP contribution < -0.4 is 11.2 Å². The summed E-state index contributed by atoms with van der Waals surface area (Å²) in [6, 6.07) is 5.00. The minimum absolute atomic E-state index is 0.256. The molecule has 0 radical (unpaired) electrons. The lowest BCUT2D eigenvalue weighted by Gasteiger charge is -2.13. The third kappa shape index (κ3) is 3.36. The first-order valence-electron chi connectivity index (χ1n) is 5.55. The summed E-state index contributed by atoms with van der Waals surface area (Å²) in [4.78, 5) is 12.1. The fourth-order valence-corrected chi connectivity index (χ4v) is 2.61. The summed E-state index contributed by atoms with van der Waals surface area (Å²) < 4.78 is 1.25. The summed E-state index contributed by atoms with van der Waals surface area (Å²) in [5.41, 5.74) is 0.391. The first-order valence-corrected chi connectivity index (χ1v) is 7.19. The molecular formula is C11H11Cl2N5OS. The first-order chi connectivity index (χ1) is 9.49. The standard InChI is InChI=1S/C11H11Cl2N5OS/c1-6(20-11-17-15-5-18(11)14)10(19)16-9-7(12)3-2-4-8(9)13/h2-6H,14H2,1H3,(H,16,19)/t6-/m1/s1. The summed E-state index contributed by atoms with van der Waals surface area (Å²) >= 11 is 13.2. The van der Waals surface area contributed by atoms with Gasteiger partial charge in [0.2, 0.25) is 11.1 Å². The molecule has 9 heteroatoms. The maximum absolute atomic E-state index is 12.1. The van der Waals surface area contributed by atoms with Crippen molar-refractivity contribution in [3.63, 3.8) is 0 Å². The number of thioether (sulfide) groups is 1. The minimum Gasteiger partial charge on any atom is -0.336 e. The van der Waals surface area contributed by atoms with E-state index in [-0.39, 0.29) is 5.91 Å². The fraction of sp³-hybridized carbons (Fsp3) is 0.182. The number of rotatable bonds is 4. The molecule has 1 aromatic heterocycles. The molecule has 106 valence electrons. The SMILES string of the molecule is C[C@@H](Sc1nncn1N)C(=O)Nc1c(Cl)cccc1Cl. The van der Waals surface area contributed by atoms with Crippen molar-refractivity contribution in [2.45, 2.75) is 17.3 Å². The van der Waals surface area contributed by atoms with Crippen LogP contribution in [-0.4, -0.2) is 26.0 Å². The van der Waals surface area contributed by atoms with Crippen molar-refractivity contribution < 1.29 is 4.79 Å². The number of halogens is 2. The second kappa shape index (κ2) is 6.34. The van der Waals surface area contributed by atoms with E-state index in [9.17, 15) is 4.79 Å². The Labute approximate surface area is 129 Å². The number of nitrogens with two attached hydrogens (primary N) is 1. The van der Waals surface area contributed by atoms with E-state index in [1.165, 1.54) is 22.8 Å². The molecule has 20 heavy (non-hydrogen) atoms. The van der Waals surface area contributed by atoms with Gasteiger partial charge in [0, 0.05) is 0 Å². The molecule has 0 unspecified atom stereocenters. The van der Waals surface area contributed by atoms with Crippen molar-refractivity contribution in [2.75, 3.05) is 11.2 Å². The second-order valence-electron chi connectivity index (χ2n) is 3.87. The van der Waals surface area contributed by atoms with Crippen LogP contribution in [0.1, 0.15) is 6.92 Å². The van der Waals surface area contributed by atoms with E-state index < -0.39 is 5.25 Å². The Bertz CT molecular complexity index is 613. The molecule has 3 N–H and O–H groups in total. The van der Waals surface area contributed by atoms with Crippen LogP contribution >= 0.6 is 35.0 Å². The van der Waals surface area contributed by atoms with E-state index in [4.69, 9.17) is 29.0 Å². The highest BCUT2D eigenvalue weighted by molar-refractivity contribution is 8.00. The Kier molecular flexibility index (Phi) is 4.74. The molecule has 0 aliphatic carbocycles. The zero-order valence-electron chi connectivity index (χ0n) is 10.4. The molecule has 0 aliphatic heterocycles. The Morgan fingerprint density at radius 3 is 2.65 bits per heavy atom. The van der Waals surface area contributed by atoms with Crippen molar-refractivity contribution >= 4 is 46.6 Å². The minimum atomic E-state index is -0.436. The van der Waals surface area contributed by atoms with Crippen molar-refractivity contribution in [3.8, 4) is 0 Å². The Hall–Kier alpha value is -1.44. The average Bonchev–Trinajstić information content (AvgIpc) is 2.79. The highest BCUT2D eigenvalue weighted by Gasteiger charge is 2.19. The number of para-hydroxylation sites is 1. The number of hydrogen-bond donors (Lipinski definition) is 2. The lowest BCUT2D eigenvalue weighted by atomic mass is 10.3. The van der Waals surface area contributed by atoms with Gasteiger partial charge in [0.1, 0.15) is 6.33 Å². The second-order valence-corrected chi connectivity index (χ2v) is 5.99. The van der Waals surface area contributed by atoms with Crippen molar-refractivity contribution in [1.82, 2.24) is 14.9 Å². The summed E-state index contributed by atoms with van der Waals surface area (Å²) in [7, 11) is 0. The summed E-state index contributed by atoms with van der Waals surface area (Å²) in [6.07, 6.45) is 1.36. The van der Waals surface area contributed by atoms with Crippen molar-refractivity contribution in [2.24, 2.45) is 0 Å². The zero-order chi connectivity index (χ0) is 14.7. The fourth-order valence-electron chi connectivity index (χ4n) is 1.37. The third-order valence-corrected chi connectivity index (χ3v) is 4.10. The normalized spacial score (nSPS) is 12.2. The lowest BCUT2D eigenvalue weighted by molar-refractivity contribution is -0.115. The van der Waals surface area contributed by atoms with Gasteiger partial charge in [-0.1, -0.05) is 41.0 Å². The number of nitrogens with one attached hydrogen (secondary N) is 1. The average molecular weight is 332 g/mol. The highest BCUT2D eigenvalue weighted by Crippen LogP contribution is 2.31. The van der Waals surface area contributed by atoms with Gasteiger partial charge < -0.3 is 11.2 Å². The largest absolute Gasteiger partial charge is 0.336 e. The highest BCUT2D eigenvalue weighted by atomic mass is 35.5. The maximum Gasteiger partial charge on any atom is 0.237 e. The lowest BCUT2D eigenvalue weighted by Crippen LogP contribution is -2.23. The van der Waals surface area contributed by atoms with Gasteiger partial charge in [0.25, 0.3) is 0 Å². The number of nitrogens with zero attached hydrogens (tertiary/aromatic N) is 3. The van der Waals surface area contributed by atoms with Crippen LogP contribution in [0.25, 0.3) is 0 Å². The van der Waals surface area contributed by atoms with E-state index in [0.717, 1.165) is 0 Å². The van der Waals surface area contributed by atoms with Crippen LogP contribution in [0, 0.1) is 0 Å². The number of anilines is 1. The van der Waals surface area contributed by atoms with Gasteiger partial charge in [-0.3, -0.25) is 4.79 Å². The summed E-state index contributed by atoms with van der Waals surface area (Å²) in [5, 5.41) is 10.9. The smallest absolute Gasteiger partial charge is 0.237 e. The topological polar surface area (TPSA) is 85.8 Å². The van der Waals surface area contributed by atoms with E-state index in [1.807, 2.05) is 0 Å². The molecule has 0 spiro atoms. The van der Waals surface area contributed by atoms with E-state index in [1.54, 1.807) is 25.1 Å². The molecule has 1 atom stereocenters. The molecule has 1 heterocycles. The van der Waals surface area contributed by atoms with Gasteiger partial charge >= 0.3 is 0 Å². The predicted octanol–water partition coefficient (Wildman–Crippen LogP) is 2.42. The number of aromatic nitrogens is 3. The summed E-state index contributed by atoms with van der Waals surface area (Å²) in [5.74, 6) is 5.33. The molecule has 0 saturated carbocycles. The first kappa shape index (κ1) is 15.0. The number of hydrogen-bond acceptors (Lipinski definition) is 5. The molecule has 1 aromatic carbocycles. The number of carbonyl (C=O) groups is 1. The van der Waals surface area contributed by atoms with Gasteiger partial charge in [-0.25, -0.2) is 4.68 Å². The van der Waals surface area contributed by atoms with Gasteiger partial charge in [-0.15, -0.1) is 10.2 Å². The molecule has 0 bridgehead atoms. The molecule has 0 aliphatic rings. The Balaban J connectivity index is 2.06. The Morgan fingerprint density at radius 1 is 1.45 bits per heavy atom. The van der Waals surface area contributed by atoms with Gasteiger partial charge in [0.15, 0.2) is 0 Å². The molecule has 2 rings (SSSR count). The van der Waals surface area contributed by atoms with Gasteiger partial charge in [-0.05, 0) is 19.1 Å². The number of carbonyl (C=O) groups excluding carboxylic acids is 1. The van der Waals surface area contributed by atoms with Gasteiger partial charge in [0.05, 0.1) is 21.0 Å². The monoisotopic (exact) mass is 331 g/mol. The van der Waals surface area contributed by atoms with Crippen LogP contribution in [0.5, 0.6) is 0 Å². The Morgan fingerprint density at radius 2 is 2.10 bits per heavy atom. The molecule has 1 amide bonds. The maximum atomic E-state index is 12.1. The van der Waals surface area contributed by atoms with Crippen molar-refractivity contribution in [1.29, 1.82) is 0 Å². The molecule has 2 aromatic rings. The quantitative estimate of drug-likeness (QED) is 0.663. The molecular weight excluding hydrogens is 321 g/mol. The van der Waals surface area contributed by atoms with Crippen LogP contribution in [0.4, 0.5) is 5.69 Å². The third-order valence-electron chi connectivity index (χ3n) is 2.40. The van der Waals surface area contributed by atoms with Crippen LogP contribution in [0.3, 0.4) is 0 Å². The van der Waals surface area contributed by atoms with E-state index >= 15 is 0 Å². The number of amides is 1. The molecule has 0 saturated heterocycles. The van der Waals surface area contributed by atoms with E-state index in [0.29, 0.717) is 20.9 Å². The van der Waals surface area contributed by atoms with Crippen molar-refractivity contribution in [3.05, 3.63) is 34.6 Å². The summed E-state index contributed by atoms with van der Waals surface area (Å²) in [6.45, 7) is 1.72. The zero-order valence-corrected chi connectivity index (χ0v) is 12.7. The van der Waals surface area contributed by atoms with Crippen LogP contribution in [0.15, 0.2) is 29.7 Å². The number of nitrogen functional groups attached to an aromatic ring is 1. The predicted molar refractivity (Wildman–Crippen MR) is 80.6 cm³/mol.